The molecule has 0 radical (unpaired) electrons. The van der Waals surface area contributed by atoms with Crippen molar-refractivity contribution >= 4 is 0 Å². The molecule has 1 atom stereocenters. The molecule has 0 aliphatic carbocycles. The van der Waals surface area contributed by atoms with Gasteiger partial charge in [-0.3, -0.25) is 4.90 Å². The van der Waals surface area contributed by atoms with E-state index in [1.54, 1.807) is 5.57 Å². The maximum absolute atomic E-state index is 6.06. The maximum Gasteiger partial charge on any atom is 0.0476 e. The Kier molecular flexibility index (Phi) is 4.66. The second-order valence-corrected chi connectivity index (χ2v) is 6.83. The first kappa shape index (κ1) is 15.3. The Morgan fingerprint density at radius 2 is 1.95 bits per heavy atom. The molecule has 1 heterocycles. The number of nitrogens with zero attached hydrogens (tertiary/aromatic N) is 1. The Morgan fingerprint density at radius 1 is 1.25 bits per heavy atom. The summed E-state index contributed by atoms with van der Waals surface area (Å²) in [5, 5.41) is 0. The van der Waals surface area contributed by atoms with E-state index in [4.69, 9.17) is 5.73 Å². The van der Waals surface area contributed by atoms with E-state index in [2.05, 4.69) is 62.9 Å². The quantitative estimate of drug-likeness (QED) is 0.851. The highest BCUT2D eigenvalue weighted by atomic mass is 15.2. The van der Waals surface area contributed by atoms with Crippen molar-refractivity contribution in [2.24, 2.45) is 11.1 Å². The van der Waals surface area contributed by atoms with Crippen molar-refractivity contribution in [1.82, 2.24) is 4.90 Å². The van der Waals surface area contributed by atoms with Gasteiger partial charge in [0.1, 0.15) is 0 Å². The van der Waals surface area contributed by atoms with Crippen molar-refractivity contribution < 1.29 is 0 Å². The zero-order chi connectivity index (χ0) is 14.8. The van der Waals surface area contributed by atoms with E-state index in [9.17, 15) is 0 Å². The topological polar surface area (TPSA) is 29.3 Å². The maximum atomic E-state index is 6.06. The Balaban J connectivity index is 2.16. The Bertz CT molecular complexity index is 482. The highest BCUT2D eigenvalue weighted by molar-refractivity contribution is 5.29. The normalized spacial score (nSPS) is 18.8. The number of hydrogen-bond donors (Lipinski definition) is 1. The first-order valence-electron chi connectivity index (χ1n) is 7.62. The molecule has 0 aromatic heterocycles. The smallest absolute Gasteiger partial charge is 0.0476 e. The standard InChI is InChI=1S/C18H28N2/c1-14-7-5-6-8-16(14)17(13-19)20-11-9-15(10-12-20)18(2,3)4/h5-9,17H,10-13,19H2,1-4H3. The predicted molar refractivity (Wildman–Crippen MR) is 86.7 cm³/mol. The molecule has 0 bridgehead atoms. The third kappa shape index (κ3) is 3.31. The van der Waals surface area contributed by atoms with Crippen LogP contribution in [0, 0.1) is 12.3 Å². The molecule has 2 N–H and O–H groups in total. The fourth-order valence-electron chi connectivity index (χ4n) is 3.08. The Morgan fingerprint density at radius 3 is 2.45 bits per heavy atom. The lowest BCUT2D eigenvalue weighted by molar-refractivity contribution is 0.209. The Labute approximate surface area is 123 Å². The van der Waals surface area contributed by atoms with E-state index < -0.39 is 0 Å². The van der Waals surface area contributed by atoms with Crippen LogP contribution in [0.2, 0.25) is 0 Å². The fraction of sp³-hybridized carbons (Fsp3) is 0.556. The molecule has 0 spiro atoms. The van der Waals surface area contributed by atoms with Gasteiger partial charge in [0, 0.05) is 25.7 Å². The highest BCUT2D eigenvalue weighted by Gasteiger charge is 2.26. The van der Waals surface area contributed by atoms with Crippen LogP contribution < -0.4 is 5.73 Å². The minimum Gasteiger partial charge on any atom is -0.329 e. The summed E-state index contributed by atoms with van der Waals surface area (Å²) < 4.78 is 0. The number of aryl methyl sites for hydroxylation is 1. The van der Waals surface area contributed by atoms with Crippen molar-refractivity contribution in [3.8, 4) is 0 Å². The molecule has 1 unspecified atom stereocenters. The van der Waals surface area contributed by atoms with Gasteiger partial charge in [-0.15, -0.1) is 0 Å². The molecule has 110 valence electrons. The molecule has 20 heavy (non-hydrogen) atoms. The van der Waals surface area contributed by atoms with Crippen LogP contribution >= 0.6 is 0 Å². The summed E-state index contributed by atoms with van der Waals surface area (Å²) in [6.07, 6.45) is 3.57. The van der Waals surface area contributed by atoms with Crippen LogP contribution in [0.5, 0.6) is 0 Å². The van der Waals surface area contributed by atoms with Gasteiger partial charge in [0.25, 0.3) is 0 Å². The molecule has 2 nitrogen and oxygen atoms in total. The minimum atomic E-state index is 0.299. The van der Waals surface area contributed by atoms with Crippen molar-refractivity contribution in [3.63, 3.8) is 0 Å². The summed E-state index contributed by atoms with van der Waals surface area (Å²) >= 11 is 0. The number of nitrogens with two attached hydrogens (primary N) is 1. The highest BCUT2D eigenvalue weighted by Crippen LogP contribution is 2.33. The molecular weight excluding hydrogens is 244 g/mol. The van der Waals surface area contributed by atoms with Gasteiger partial charge in [-0.2, -0.15) is 0 Å². The second kappa shape index (κ2) is 6.11. The van der Waals surface area contributed by atoms with Crippen molar-refractivity contribution in [3.05, 3.63) is 47.0 Å². The molecule has 2 rings (SSSR count). The zero-order valence-electron chi connectivity index (χ0n) is 13.3. The van der Waals surface area contributed by atoms with Crippen LogP contribution in [-0.2, 0) is 0 Å². The summed E-state index contributed by atoms with van der Waals surface area (Å²) in [7, 11) is 0. The second-order valence-electron chi connectivity index (χ2n) is 6.83. The van der Waals surface area contributed by atoms with Crippen molar-refractivity contribution in [2.45, 2.75) is 40.2 Å². The lowest BCUT2D eigenvalue weighted by atomic mass is 9.82. The average Bonchev–Trinajstić information content (AvgIpc) is 2.41. The molecular formula is C18H28N2. The third-order valence-electron chi connectivity index (χ3n) is 4.42. The summed E-state index contributed by atoms with van der Waals surface area (Å²) in [6.45, 7) is 11.9. The van der Waals surface area contributed by atoms with E-state index in [1.807, 2.05) is 0 Å². The molecule has 2 heteroatoms. The number of hydrogen-bond acceptors (Lipinski definition) is 2. The molecule has 1 aliphatic rings. The first-order chi connectivity index (χ1) is 9.43. The van der Waals surface area contributed by atoms with Gasteiger partial charge in [0.15, 0.2) is 0 Å². The largest absolute Gasteiger partial charge is 0.329 e. The van der Waals surface area contributed by atoms with Gasteiger partial charge in [0.2, 0.25) is 0 Å². The molecule has 0 amide bonds. The fourth-order valence-corrected chi connectivity index (χ4v) is 3.08. The molecule has 0 saturated heterocycles. The molecule has 1 aromatic rings. The van der Waals surface area contributed by atoms with Crippen molar-refractivity contribution in [1.29, 1.82) is 0 Å². The van der Waals surface area contributed by atoms with Crippen LogP contribution in [0.1, 0.15) is 44.4 Å². The SMILES string of the molecule is Cc1ccccc1C(CN)N1CC=C(C(C)(C)C)CC1. The van der Waals surface area contributed by atoms with Gasteiger partial charge < -0.3 is 5.73 Å². The minimum absolute atomic E-state index is 0.299. The summed E-state index contributed by atoms with van der Waals surface area (Å²) in [6, 6.07) is 8.95. The molecule has 1 aliphatic heterocycles. The van der Waals surface area contributed by atoms with Gasteiger partial charge in [-0.05, 0) is 29.9 Å². The van der Waals surface area contributed by atoms with E-state index in [1.165, 1.54) is 11.1 Å². The third-order valence-corrected chi connectivity index (χ3v) is 4.42. The lowest BCUT2D eigenvalue weighted by Crippen LogP contribution is -2.38. The monoisotopic (exact) mass is 272 g/mol. The van der Waals surface area contributed by atoms with Crippen molar-refractivity contribution in [2.75, 3.05) is 19.6 Å². The lowest BCUT2D eigenvalue weighted by Gasteiger charge is -2.37. The summed E-state index contributed by atoms with van der Waals surface area (Å²) in [4.78, 5) is 2.51. The van der Waals surface area contributed by atoms with Gasteiger partial charge in [-0.1, -0.05) is 56.7 Å². The predicted octanol–water partition coefficient (Wildman–Crippen LogP) is 3.67. The number of rotatable bonds is 3. The summed E-state index contributed by atoms with van der Waals surface area (Å²) in [5.74, 6) is 0. The van der Waals surface area contributed by atoms with Crippen LogP contribution in [0.3, 0.4) is 0 Å². The zero-order valence-corrected chi connectivity index (χ0v) is 13.3. The van der Waals surface area contributed by atoms with E-state index in [-0.39, 0.29) is 0 Å². The van der Waals surface area contributed by atoms with Crippen LogP contribution in [-0.4, -0.2) is 24.5 Å². The van der Waals surface area contributed by atoms with Gasteiger partial charge in [-0.25, -0.2) is 0 Å². The summed E-state index contributed by atoms with van der Waals surface area (Å²) in [5.41, 5.74) is 10.7. The number of benzene rings is 1. The van der Waals surface area contributed by atoms with E-state index in [0.717, 1.165) is 19.5 Å². The van der Waals surface area contributed by atoms with Gasteiger partial charge in [0.05, 0.1) is 0 Å². The Hall–Kier alpha value is -1.12. The first-order valence-corrected chi connectivity index (χ1v) is 7.62. The van der Waals surface area contributed by atoms with Crippen LogP contribution in [0.25, 0.3) is 0 Å². The van der Waals surface area contributed by atoms with Crippen LogP contribution in [0.15, 0.2) is 35.9 Å². The van der Waals surface area contributed by atoms with E-state index >= 15 is 0 Å². The van der Waals surface area contributed by atoms with Gasteiger partial charge >= 0.3 is 0 Å². The molecule has 0 fully saturated rings. The van der Waals surface area contributed by atoms with E-state index in [0.29, 0.717) is 18.0 Å². The average molecular weight is 272 g/mol. The van der Waals surface area contributed by atoms with Crippen LogP contribution in [0.4, 0.5) is 0 Å². The molecule has 0 saturated carbocycles. The molecule has 1 aromatic carbocycles.